The van der Waals surface area contributed by atoms with Gasteiger partial charge in [0.1, 0.15) is 0 Å². The van der Waals surface area contributed by atoms with Crippen molar-refractivity contribution in [3.8, 4) is 0 Å². The summed E-state index contributed by atoms with van der Waals surface area (Å²) in [5, 5.41) is 0.509. The number of rotatable bonds is 1. The second kappa shape index (κ2) is 5.66. The minimum absolute atomic E-state index is 0.161. The minimum atomic E-state index is 0.161. The molecule has 2 nitrogen and oxygen atoms in total. The van der Waals surface area contributed by atoms with Gasteiger partial charge in [-0.15, -0.1) is 0 Å². The van der Waals surface area contributed by atoms with Crippen LogP contribution in [0.15, 0.2) is 22.7 Å². The van der Waals surface area contributed by atoms with Crippen LogP contribution in [-0.4, -0.2) is 34.4 Å². The van der Waals surface area contributed by atoms with Gasteiger partial charge in [-0.05, 0) is 31.5 Å². The lowest BCUT2D eigenvalue weighted by Crippen LogP contribution is -2.48. The lowest BCUT2D eigenvalue weighted by Gasteiger charge is -2.37. The Morgan fingerprint density at radius 3 is 2.89 bits per heavy atom. The number of carbonyl (C=O) groups is 1. The van der Waals surface area contributed by atoms with E-state index in [1.165, 1.54) is 0 Å². The highest BCUT2D eigenvalue weighted by molar-refractivity contribution is 9.10. The molecule has 1 aromatic carbocycles. The van der Waals surface area contributed by atoms with Crippen molar-refractivity contribution in [2.45, 2.75) is 32.1 Å². The predicted molar refractivity (Wildman–Crippen MR) is 81.3 cm³/mol. The first kappa shape index (κ1) is 13.9. The van der Waals surface area contributed by atoms with Gasteiger partial charge in [-0.2, -0.15) is 11.8 Å². The third-order valence-electron chi connectivity index (χ3n) is 3.57. The Morgan fingerprint density at radius 1 is 1.44 bits per heavy atom. The Kier molecular flexibility index (Phi) is 4.38. The molecule has 1 amide bonds. The van der Waals surface area contributed by atoms with Gasteiger partial charge in [0.05, 0.1) is 0 Å². The standard InChI is InChI=1S/C14H18BrNOS/c1-9-4-5-12(15)8-13(9)14(17)16-6-7-18-11(3)10(16)2/h4-5,8,10-11H,6-7H2,1-3H3. The van der Waals surface area contributed by atoms with Gasteiger partial charge < -0.3 is 4.90 Å². The zero-order chi connectivity index (χ0) is 13.3. The van der Waals surface area contributed by atoms with Gasteiger partial charge in [0.2, 0.25) is 0 Å². The van der Waals surface area contributed by atoms with E-state index in [1.54, 1.807) is 0 Å². The van der Waals surface area contributed by atoms with Crippen molar-refractivity contribution in [1.29, 1.82) is 0 Å². The molecule has 4 heteroatoms. The van der Waals surface area contributed by atoms with E-state index < -0.39 is 0 Å². The van der Waals surface area contributed by atoms with Crippen molar-refractivity contribution in [2.24, 2.45) is 0 Å². The van der Waals surface area contributed by atoms with E-state index in [9.17, 15) is 4.79 Å². The van der Waals surface area contributed by atoms with Gasteiger partial charge >= 0.3 is 0 Å². The average Bonchev–Trinajstić information content (AvgIpc) is 2.35. The Morgan fingerprint density at radius 2 is 2.17 bits per heavy atom. The molecule has 1 fully saturated rings. The first-order valence-electron chi connectivity index (χ1n) is 6.19. The molecule has 0 bridgehead atoms. The van der Waals surface area contributed by atoms with Crippen LogP contribution in [0.5, 0.6) is 0 Å². The number of amides is 1. The molecule has 18 heavy (non-hydrogen) atoms. The quantitative estimate of drug-likeness (QED) is 0.783. The van der Waals surface area contributed by atoms with Crippen molar-refractivity contribution in [3.63, 3.8) is 0 Å². The lowest BCUT2D eigenvalue weighted by molar-refractivity contribution is 0.0697. The van der Waals surface area contributed by atoms with Crippen LogP contribution in [0.25, 0.3) is 0 Å². The molecular weight excluding hydrogens is 310 g/mol. The second-order valence-corrected chi connectivity index (χ2v) is 7.18. The highest BCUT2D eigenvalue weighted by Gasteiger charge is 2.30. The van der Waals surface area contributed by atoms with Gasteiger partial charge in [-0.3, -0.25) is 4.79 Å². The summed E-state index contributed by atoms with van der Waals surface area (Å²) >= 11 is 5.39. The normalized spacial score (nSPS) is 24.1. The fraction of sp³-hybridized carbons (Fsp3) is 0.500. The van der Waals surface area contributed by atoms with Crippen LogP contribution >= 0.6 is 27.7 Å². The minimum Gasteiger partial charge on any atom is -0.334 e. The molecule has 0 radical (unpaired) electrons. The third kappa shape index (κ3) is 2.75. The molecule has 0 N–H and O–H groups in total. The van der Waals surface area contributed by atoms with Gasteiger partial charge in [0.25, 0.3) is 5.91 Å². The monoisotopic (exact) mass is 327 g/mol. The molecule has 1 saturated heterocycles. The first-order valence-corrected chi connectivity index (χ1v) is 8.03. The summed E-state index contributed by atoms with van der Waals surface area (Å²) in [6.45, 7) is 7.18. The number of aryl methyl sites for hydroxylation is 1. The van der Waals surface area contributed by atoms with Crippen LogP contribution in [0.2, 0.25) is 0 Å². The zero-order valence-corrected chi connectivity index (χ0v) is 13.3. The van der Waals surface area contributed by atoms with Crippen molar-refractivity contribution < 1.29 is 4.79 Å². The van der Waals surface area contributed by atoms with Gasteiger partial charge in [-0.1, -0.05) is 28.9 Å². The van der Waals surface area contributed by atoms with E-state index in [0.29, 0.717) is 11.3 Å². The Bertz CT molecular complexity index is 463. The maximum atomic E-state index is 12.6. The number of nitrogens with zero attached hydrogens (tertiary/aromatic N) is 1. The molecular formula is C14H18BrNOS. The summed E-state index contributed by atoms with van der Waals surface area (Å²) in [7, 11) is 0. The number of thioether (sulfide) groups is 1. The molecule has 0 saturated carbocycles. The highest BCUT2D eigenvalue weighted by atomic mass is 79.9. The summed E-state index contributed by atoms with van der Waals surface area (Å²) in [6.07, 6.45) is 0. The highest BCUT2D eigenvalue weighted by Crippen LogP contribution is 2.27. The fourth-order valence-corrected chi connectivity index (χ4v) is 3.66. The zero-order valence-electron chi connectivity index (χ0n) is 10.9. The van der Waals surface area contributed by atoms with E-state index in [4.69, 9.17) is 0 Å². The predicted octanol–water partition coefficient (Wildman–Crippen LogP) is 3.72. The Balaban J connectivity index is 2.27. The Hall–Kier alpha value is -0.480. The summed E-state index contributed by atoms with van der Waals surface area (Å²) in [5.74, 6) is 1.19. The third-order valence-corrected chi connectivity index (χ3v) is 5.41. The largest absolute Gasteiger partial charge is 0.334 e. The fourth-order valence-electron chi connectivity index (χ4n) is 2.20. The smallest absolute Gasteiger partial charge is 0.254 e. The molecule has 2 atom stereocenters. The maximum Gasteiger partial charge on any atom is 0.254 e. The molecule has 0 spiro atoms. The average molecular weight is 328 g/mol. The van der Waals surface area contributed by atoms with Crippen molar-refractivity contribution >= 4 is 33.6 Å². The molecule has 0 aliphatic carbocycles. The first-order chi connectivity index (χ1) is 8.50. The summed E-state index contributed by atoms with van der Waals surface area (Å²) in [5.41, 5.74) is 1.86. The Labute approximate surface area is 121 Å². The van der Waals surface area contributed by atoms with E-state index in [0.717, 1.165) is 27.9 Å². The van der Waals surface area contributed by atoms with Crippen molar-refractivity contribution in [2.75, 3.05) is 12.3 Å². The molecule has 2 unspecified atom stereocenters. The number of hydrogen-bond donors (Lipinski definition) is 0. The van der Waals surface area contributed by atoms with Crippen LogP contribution < -0.4 is 0 Å². The van der Waals surface area contributed by atoms with Crippen LogP contribution in [-0.2, 0) is 0 Å². The maximum absolute atomic E-state index is 12.6. The molecule has 1 heterocycles. The molecule has 98 valence electrons. The van der Waals surface area contributed by atoms with Crippen LogP contribution in [0.4, 0.5) is 0 Å². The SMILES string of the molecule is Cc1ccc(Br)cc1C(=O)N1CCSC(C)C1C. The molecule has 2 rings (SSSR count). The summed E-state index contributed by atoms with van der Waals surface area (Å²) in [4.78, 5) is 14.6. The van der Waals surface area contributed by atoms with Crippen molar-refractivity contribution in [1.82, 2.24) is 4.90 Å². The van der Waals surface area contributed by atoms with E-state index in [2.05, 4.69) is 29.8 Å². The number of hydrogen-bond acceptors (Lipinski definition) is 2. The number of benzene rings is 1. The summed E-state index contributed by atoms with van der Waals surface area (Å²) in [6, 6.07) is 6.19. The molecule has 1 aliphatic rings. The summed E-state index contributed by atoms with van der Waals surface area (Å²) < 4.78 is 0.962. The van der Waals surface area contributed by atoms with Crippen LogP contribution in [0.3, 0.4) is 0 Å². The second-order valence-electron chi connectivity index (χ2n) is 4.77. The van der Waals surface area contributed by atoms with Crippen LogP contribution in [0.1, 0.15) is 29.8 Å². The van der Waals surface area contributed by atoms with Gasteiger partial charge in [0, 0.05) is 33.6 Å². The number of halogens is 1. The van der Waals surface area contributed by atoms with Crippen molar-refractivity contribution in [3.05, 3.63) is 33.8 Å². The van der Waals surface area contributed by atoms with Gasteiger partial charge in [0.15, 0.2) is 0 Å². The number of carbonyl (C=O) groups excluding carboxylic acids is 1. The molecule has 1 aromatic rings. The topological polar surface area (TPSA) is 20.3 Å². The molecule has 1 aliphatic heterocycles. The van der Waals surface area contributed by atoms with Crippen LogP contribution in [0, 0.1) is 6.92 Å². The van der Waals surface area contributed by atoms with E-state index >= 15 is 0 Å². The van der Waals surface area contributed by atoms with Gasteiger partial charge in [-0.25, -0.2) is 0 Å². The lowest BCUT2D eigenvalue weighted by atomic mass is 10.1. The molecule has 0 aromatic heterocycles. The van der Waals surface area contributed by atoms with E-state index in [-0.39, 0.29) is 5.91 Å². The van der Waals surface area contributed by atoms with E-state index in [1.807, 2.05) is 41.8 Å².